The number of ether oxygens (including phenoxy) is 2. The van der Waals surface area contributed by atoms with Crippen LogP contribution < -0.4 is 14.8 Å². The van der Waals surface area contributed by atoms with E-state index in [-0.39, 0.29) is 0 Å². The summed E-state index contributed by atoms with van der Waals surface area (Å²) in [6.45, 7) is 7.39. The second kappa shape index (κ2) is 7.47. The lowest BCUT2D eigenvalue weighted by atomic mass is 10.3. The maximum Gasteiger partial charge on any atom is 0.224 e. The summed E-state index contributed by atoms with van der Waals surface area (Å²) in [5.41, 5.74) is 0. The van der Waals surface area contributed by atoms with Gasteiger partial charge in [-0.05, 0) is 32.4 Å². The van der Waals surface area contributed by atoms with E-state index in [0.717, 1.165) is 24.5 Å². The van der Waals surface area contributed by atoms with E-state index >= 15 is 0 Å². The van der Waals surface area contributed by atoms with Crippen LogP contribution in [0.1, 0.15) is 26.1 Å². The Morgan fingerprint density at radius 1 is 1.10 bits per heavy atom. The molecule has 0 saturated heterocycles. The van der Waals surface area contributed by atoms with Crippen molar-refractivity contribution in [3.63, 3.8) is 0 Å². The Labute approximate surface area is 125 Å². The number of nitrogens with zero attached hydrogens (tertiary/aromatic N) is 2. The lowest BCUT2D eigenvalue weighted by Gasteiger charge is -2.12. The molecule has 0 unspecified atom stereocenters. The van der Waals surface area contributed by atoms with E-state index in [4.69, 9.17) is 9.47 Å². The van der Waals surface area contributed by atoms with Crippen molar-refractivity contribution in [3.05, 3.63) is 36.2 Å². The van der Waals surface area contributed by atoms with Crippen LogP contribution in [0.15, 0.2) is 30.3 Å². The van der Waals surface area contributed by atoms with Gasteiger partial charge in [0.25, 0.3) is 0 Å². The van der Waals surface area contributed by atoms with Gasteiger partial charge in [-0.15, -0.1) is 0 Å². The predicted molar refractivity (Wildman–Crippen MR) is 83.2 cm³/mol. The van der Waals surface area contributed by atoms with E-state index < -0.39 is 0 Å². The average Bonchev–Trinajstić information content (AvgIpc) is 2.46. The van der Waals surface area contributed by atoms with Gasteiger partial charge >= 0.3 is 0 Å². The summed E-state index contributed by atoms with van der Waals surface area (Å²) in [7, 11) is 0. The first-order chi connectivity index (χ1) is 10.2. The summed E-state index contributed by atoms with van der Waals surface area (Å²) < 4.78 is 11.5. The van der Waals surface area contributed by atoms with E-state index in [2.05, 4.69) is 22.2 Å². The highest BCUT2D eigenvalue weighted by Crippen LogP contribution is 2.31. The Bertz CT molecular complexity index is 587. The molecule has 1 N–H and O–H groups in total. The SMILES string of the molecule is CCCOc1ccccc1Oc1cc(NCC)nc(C)n1. The third-order valence-electron chi connectivity index (χ3n) is 2.70. The standard InChI is InChI=1S/C16H21N3O2/c1-4-10-20-13-8-6-7-9-14(13)21-16-11-15(17-5-2)18-12(3)19-16/h6-9,11H,4-5,10H2,1-3H3,(H,17,18,19). The van der Waals surface area contributed by atoms with E-state index in [1.165, 1.54) is 0 Å². The quantitative estimate of drug-likeness (QED) is 0.839. The molecule has 0 aliphatic heterocycles. The van der Waals surface area contributed by atoms with Crippen LogP contribution in [0.2, 0.25) is 0 Å². The molecule has 0 bridgehead atoms. The van der Waals surface area contributed by atoms with E-state index in [9.17, 15) is 0 Å². The number of hydrogen-bond acceptors (Lipinski definition) is 5. The molecule has 1 aromatic heterocycles. The summed E-state index contributed by atoms with van der Waals surface area (Å²) in [6, 6.07) is 9.38. The number of nitrogens with one attached hydrogen (secondary N) is 1. The first kappa shape index (κ1) is 15.1. The summed E-state index contributed by atoms with van der Waals surface area (Å²) in [5.74, 6) is 3.31. The highest BCUT2D eigenvalue weighted by atomic mass is 16.5. The molecule has 0 atom stereocenters. The van der Waals surface area contributed by atoms with Crippen LogP contribution in [0, 0.1) is 6.92 Å². The Hall–Kier alpha value is -2.30. The molecule has 2 rings (SSSR count). The van der Waals surface area contributed by atoms with Gasteiger partial charge in [0.15, 0.2) is 11.5 Å². The highest BCUT2D eigenvalue weighted by molar-refractivity contribution is 5.44. The van der Waals surface area contributed by atoms with Crippen LogP contribution in [-0.2, 0) is 0 Å². The van der Waals surface area contributed by atoms with Crippen LogP contribution in [0.25, 0.3) is 0 Å². The molecular weight excluding hydrogens is 266 g/mol. The van der Waals surface area contributed by atoms with E-state index in [1.54, 1.807) is 6.07 Å². The normalized spacial score (nSPS) is 10.2. The maximum atomic E-state index is 5.86. The molecule has 5 heteroatoms. The van der Waals surface area contributed by atoms with Gasteiger partial charge in [-0.2, -0.15) is 4.98 Å². The summed E-state index contributed by atoms with van der Waals surface area (Å²) in [4.78, 5) is 8.61. The van der Waals surface area contributed by atoms with Crippen molar-refractivity contribution in [2.75, 3.05) is 18.5 Å². The molecule has 1 aromatic carbocycles. The molecule has 112 valence electrons. The van der Waals surface area contributed by atoms with Crippen molar-refractivity contribution >= 4 is 5.82 Å². The fraction of sp³-hybridized carbons (Fsp3) is 0.375. The number of para-hydroxylation sites is 2. The van der Waals surface area contributed by atoms with Crippen molar-refractivity contribution in [3.8, 4) is 17.4 Å². The monoisotopic (exact) mass is 287 g/mol. The Morgan fingerprint density at radius 2 is 1.86 bits per heavy atom. The Kier molecular flexibility index (Phi) is 5.37. The largest absolute Gasteiger partial charge is 0.490 e. The third-order valence-corrected chi connectivity index (χ3v) is 2.70. The van der Waals surface area contributed by atoms with Gasteiger partial charge in [0.05, 0.1) is 6.61 Å². The number of rotatable bonds is 7. The van der Waals surface area contributed by atoms with Gasteiger partial charge < -0.3 is 14.8 Å². The fourth-order valence-corrected chi connectivity index (χ4v) is 1.84. The van der Waals surface area contributed by atoms with Crippen LogP contribution in [-0.4, -0.2) is 23.1 Å². The van der Waals surface area contributed by atoms with Crippen molar-refractivity contribution in [1.82, 2.24) is 9.97 Å². The second-order valence-electron chi connectivity index (χ2n) is 4.57. The van der Waals surface area contributed by atoms with Crippen molar-refractivity contribution in [1.29, 1.82) is 0 Å². The second-order valence-corrected chi connectivity index (χ2v) is 4.57. The molecule has 0 spiro atoms. The summed E-state index contributed by atoms with van der Waals surface area (Å²) in [6.07, 6.45) is 0.950. The third kappa shape index (κ3) is 4.34. The molecule has 1 heterocycles. The van der Waals surface area contributed by atoms with Gasteiger partial charge in [0.2, 0.25) is 5.88 Å². The highest BCUT2D eigenvalue weighted by Gasteiger charge is 2.08. The number of aryl methyl sites for hydroxylation is 1. The predicted octanol–water partition coefficient (Wildman–Crippen LogP) is 3.80. The molecule has 5 nitrogen and oxygen atoms in total. The lowest BCUT2D eigenvalue weighted by Crippen LogP contribution is -2.03. The summed E-state index contributed by atoms with van der Waals surface area (Å²) in [5, 5.41) is 3.16. The van der Waals surface area contributed by atoms with Crippen molar-refractivity contribution in [2.24, 2.45) is 0 Å². The topological polar surface area (TPSA) is 56.3 Å². The molecule has 0 saturated carbocycles. The number of anilines is 1. The number of benzene rings is 1. The lowest BCUT2D eigenvalue weighted by molar-refractivity contribution is 0.300. The Balaban J connectivity index is 2.21. The molecule has 0 aliphatic carbocycles. The zero-order valence-electron chi connectivity index (χ0n) is 12.7. The van der Waals surface area contributed by atoms with Crippen LogP contribution in [0.3, 0.4) is 0 Å². The van der Waals surface area contributed by atoms with Gasteiger partial charge in [0.1, 0.15) is 11.6 Å². The molecule has 0 amide bonds. The van der Waals surface area contributed by atoms with Crippen LogP contribution >= 0.6 is 0 Å². The first-order valence-electron chi connectivity index (χ1n) is 7.22. The molecule has 0 fully saturated rings. The summed E-state index contributed by atoms with van der Waals surface area (Å²) >= 11 is 0. The Morgan fingerprint density at radius 3 is 2.57 bits per heavy atom. The fourth-order valence-electron chi connectivity index (χ4n) is 1.84. The zero-order valence-corrected chi connectivity index (χ0v) is 12.7. The molecule has 0 radical (unpaired) electrons. The minimum Gasteiger partial charge on any atom is -0.490 e. The first-order valence-corrected chi connectivity index (χ1v) is 7.22. The van der Waals surface area contributed by atoms with Gasteiger partial charge in [-0.25, -0.2) is 4.98 Å². The maximum absolute atomic E-state index is 5.86. The van der Waals surface area contributed by atoms with Gasteiger partial charge in [-0.1, -0.05) is 19.1 Å². The van der Waals surface area contributed by atoms with Gasteiger partial charge in [-0.3, -0.25) is 0 Å². The smallest absolute Gasteiger partial charge is 0.224 e. The van der Waals surface area contributed by atoms with Crippen LogP contribution in [0.5, 0.6) is 17.4 Å². The zero-order chi connectivity index (χ0) is 15.1. The molecular formula is C16H21N3O2. The van der Waals surface area contributed by atoms with E-state index in [1.807, 2.05) is 38.1 Å². The van der Waals surface area contributed by atoms with Crippen molar-refractivity contribution < 1.29 is 9.47 Å². The molecule has 0 aliphatic rings. The van der Waals surface area contributed by atoms with Gasteiger partial charge in [0, 0.05) is 12.6 Å². The number of aromatic nitrogens is 2. The van der Waals surface area contributed by atoms with Crippen molar-refractivity contribution in [2.45, 2.75) is 27.2 Å². The van der Waals surface area contributed by atoms with E-state index in [0.29, 0.717) is 24.1 Å². The minimum atomic E-state index is 0.506. The number of hydrogen-bond donors (Lipinski definition) is 1. The van der Waals surface area contributed by atoms with Crippen LogP contribution in [0.4, 0.5) is 5.82 Å². The molecule has 21 heavy (non-hydrogen) atoms. The average molecular weight is 287 g/mol. The molecule has 2 aromatic rings. The minimum absolute atomic E-state index is 0.506.